The summed E-state index contributed by atoms with van der Waals surface area (Å²) in [6, 6.07) is 11.5. The van der Waals surface area contributed by atoms with Gasteiger partial charge in [0.05, 0.1) is 6.10 Å². The van der Waals surface area contributed by atoms with Crippen LogP contribution in [0.15, 0.2) is 36.4 Å². The van der Waals surface area contributed by atoms with Gasteiger partial charge in [-0.05, 0) is 19.9 Å². The van der Waals surface area contributed by atoms with E-state index < -0.39 is 0 Å². The Morgan fingerprint density at radius 2 is 1.96 bits per heavy atom. The van der Waals surface area contributed by atoms with Crippen molar-refractivity contribution in [1.82, 2.24) is 19.8 Å². The summed E-state index contributed by atoms with van der Waals surface area (Å²) in [5, 5.41) is 3.35. The van der Waals surface area contributed by atoms with E-state index in [2.05, 4.69) is 27.2 Å². The SMILES string of the molecule is CN1CCN(C(=O)c2cc(NCC3CCCO3)nc(-c3ccccc3)n2)CC1. The van der Waals surface area contributed by atoms with Crippen molar-refractivity contribution in [1.29, 1.82) is 0 Å². The summed E-state index contributed by atoms with van der Waals surface area (Å²) in [5.74, 6) is 1.20. The fourth-order valence-corrected chi connectivity index (χ4v) is 3.56. The van der Waals surface area contributed by atoms with Gasteiger partial charge in [-0.25, -0.2) is 9.97 Å². The molecule has 28 heavy (non-hydrogen) atoms. The van der Waals surface area contributed by atoms with Crippen LogP contribution in [-0.4, -0.2) is 78.2 Å². The summed E-state index contributed by atoms with van der Waals surface area (Å²) in [7, 11) is 2.08. The number of nitrogens with zero attached hydrogens (tertiary/aromatic N) is 4. The van der Waals surface area contributed by atoms with Gasteiger partial charge in [0.25, 0.3) is 5.91 Å². The lowest BCUT2D eigenvalue weighted by molar-refractivity contribution is 0.0658. The normalized spacial score (nSPS) is 20.3. The molecule has 2 saturated heterocycles. The molecule has 0 bridgehead atoms. The zero-order valence-electron chi connectivity index (χ0n) is 16.3. The lowest BCUT2D eigenvalue weighted by atomic mass is 10.2. The number of anilines is 1. The number of ether oxygens (including phenoxy) is 1. The largest absolute Gasteiger partial charge is 0.376 e. The van der Waals surface area contributed by atoms with Gasteiger partial charge in [-0.3, -0.25) is 4.79 Å². The Labute approximate surface area is 165 Å². The lowest BCUT2D eigenvalue weighted by Gasteiger charge is -2.32. The first kappa shape index (κ1) is 18.8. The Morgan fingerprint density at radius 3 is 2.68 bits per heavy atom. The molecule has 4 rings (SSSR count). The van der Waals surface area contributed by atoms with Crippen LogP contribution in [0, 0.1) is 0 Å². The molecule has 2 aromatic rings. The standard InChI is InChI=1S/C21H27N5O2/c1-25-9-11-26(12-10-25)21(27)18-14-19(22-15-17-8-5-13-28-17)24-20(23-18)16-6-3-2-4-7-16/h2-4,6-7,14,17H,5,8-13,15H2,1H3,(H,22,23,24). The van der Waals surface area contributed by atoms with Gasteiger partial charge in [0.15, 0.2) is 5.82 Å². The summed E-state index contributed by atoms with van der Waals surface area (Å²) in [6.07, 6.45) is 2.35. The second kappa shape index (κ2) is 8.67. The van der Waals surface area contributed by atoms with Gasteiger partial charge in [0.1, 0.15) is 11.5 Å². The van der Waals surface area contributed by atoms with E-state index in [1.807, 2.05) is 35.2 Å². The molecule has 1 atom stereocenters. The third-order valence-corrected chi connectivity index (χ3v) is 5.30. The fraction of sp³-hybridized carbons (Fsp3) is 0.476. The topological polar surface area (TPSA) is 70.6 Å². The van der Waals surface area contributed by atoms with Crippen molar-refractivity contribution >= 4 is 11.7 Å². The van der Waals surface area contributed by atoms with Crippen molar-refractivity contribution in [2.45, 2.75) is 18.9 Å². The first-order valence-corrected chi connectivity index (χ1v) is 9.97. The van der Waals surface area contributed by atoms with Gasteiger partial charge in [-0.2, -0.15) is 0 Å². The van der Waals surface area contributed by atoms with Gasteiger partial charge in [-0.15, -0.1) is 0 Å². The maximum atomic E-state index is 13.1. The van der Waals surface area contributed by atoms with Crippen molar-refractivity contribution in [3.63, 3.8) is 0 Å². The molecule has 0 saturated carbocycles. The first-order valence-electron chi connectivity index (χ1n) is 9.97. The molecule has 1 amide bonds. The number of benzene rings is 1. The van der Waals surface area contributed by atoms with Gasteiger partial charge < -0.3 is 19.9 Å². The van der Waals surface area contributed by atoms with Crippen molar-refractivity contribution in [2.24, 2.45) is 0 Å². The van der Waals surface area contributed by atoms with E-state index in [-0.39, 0.29) is 12.0 Å². The average Bonchev–Trinajstić information content (AvgIpc) is 3.26. The average molecular weight is 381 g/mol. The number of amides is 1. The molecule has 2 aliphatic heterocycles. The molecule has 1 N–H and O–H groups in total. The van der Waals surface area contributed by atoms with Crippen LogP contribution in [0.3, 0.4) is 0 Å². The molecule has 2 fully saturated rings. The van der Waals surface area contributed by atoms with Crippen LogP contribution in [0.4, 0.5) is 5.82 Å². The van der Waals surface area contributed by atoms with E-state index in [0.717, 1.165) is 51.2 Å². The number of carbonyl (C=O) groups excluding carboxylic acids is 1. The number of piperazine rings is 1. The molecule has 1 aromatic carbocycles. The van der Waals surface area contributed by atoms with E-state index in [4.69, 9.17) is 4.74 Å². The molecule has 3 heterocycles. The fourth-order valence-electron chi connectivity index (χ4n) is 3.56. The predicted octanol–water partition coefficient (Wildman–Crippen LogP) is 2.12. The van der Waals surface area contributed by atoms with Crippen LogP contribution >= 0.6 is 0 Å². The zero-order chi connectivity index (χ0) is 19.3. The minimum Gasteiger partial charge on any atom is -0.376 e. The Bertz CT molecular complexity index is 800. The summed E-state index contributed by atoms with van der Waals surface area (Å²) < 4.78 is 5.69. The highest BCUT2D eigenvalue weighted by molar-refractivity contribution is 5.93. The molecule has 0 spiro atoms. The van der Waals surface area contributed by atoms with E-state index >= 15 is 0 Å². The van der Waals surface area contributed by atoms with Gasteiger partial charge >= 0.3 is 0 Å². The number of likely N-dealkylation sites (N-methyl/N-ethyl adjacent to an activating group) is 1. The Balaban J connectivity index is 1.58. The lowest BCUT2D eigenvalue weighted by Crippen LogP contribution is -2.47. The van der Waals surface area contributed by atoms with Crippen LogP contribution in [-0.2, 0) is 4.74 Å². The van der Waals surface area contributed by atoms with E-state index in [9.17, 15) is 4.79 Å². The molecule has 1 unspecified atom stereocenters. The molecular formula is C21H27N5O2. The van der Waals surface area contributed by atoms with Gasteiger partial charge in [-0.1, -0.05) is 30.3 Å². The summed E-state index contributed by atoms with van der Waals surface area (Å²) in [4.78, 5) is 26.4. The highest BCUT2D eigenvalue weighted by atomic mass is 16.5. The second-order valence-electron chi connectivity index (χ2n) is 7.44. The Morgan fingerprint density at radius 1 is 1.18 bits per heavy atom. The molecular weight excluding hydrogens is 354 g/mol. The van der Waals surface area contributed by atoms with Gasteiger partial charge in [0, 0.05) is 51.0 Å². The van der Waals surface area contributed by atoms with Gasteiger partial charge in [0.2, 0.25) is 0 Å². The molecule has 148 valence electrons. The minimum absolute atomic E-state index is 0.0344. The third kappa shape index (κ3) is 4.48. The van der Waals surface area contributed by atoms with Crippen molar-refractivity contribution < 1.29 is 9.53 Å². The van der Waals surface area contributed by atoms with E-state index in [1.54, 1.807) is 6.07 Å². The quantitative estimate of drug-likeness (QED) is 0.856. The Hall–Kier alpha value is -2.51. The maximum absolute atomic E-state index is 13.1. The van der Waals surface area contributed by atoms with Crippen molar-refractivity contribution in [3.05, 3.63) is 42.1 Å². The smallest absolute Gasteiger partial charge is 0.272 e. The summed E-state index contributed by atoms with van der Waals surface area (Å²) in [5.41, 5.74) is 1.34. The number of rotatable bonds is 5. The molecule has 2 aliphatic rings. The maximum Gasteiger partial charge on any atom is 0.272 e. The van der Waals surface area contributed by atoms with Crippen LogP contribution in [0.5, 0.6) is 0 Å². The second-order valence-corrected chi connectivity index (χ2v) is 7.44. The number of carbonyl (C=O) groups is 1. The van der Waals surface area contributed by atoms with E-state index in [0.29, 0.717) is 23.9 Å². The molecule has 0 aliphatic carbocycles. The zero-order valence-corrected chi connectivity index (χ0v) is 16.3. The van der Waals surface area contributed by atoms with Crippen LogP contribution in [0.25, 0.3) is 11.4 Å². The predicted molar refractivity (Wildman–Crippen MR) is 108 cm³/mol. The Kier molecular flexibility index (Phi) is 5.83. The highest BCUT2D eigenvalue weighted by Crippen LogP contribution is 2.20. The highest BCUT2D eigenvalue weighted by Gasteiger charge is 2.23. The van der Waals surface area contributed by atoms with E-state index in [1.165, 1.54) is 0 Å². The van der Waals surface area contributed by atoms with Crippen LogP contribution in [0.1, 0.15) is 23.3 Å². The summed E-state index contributed by atoms with van der Waals surface area (Å²) in [6.45, 7) is 4.71. The van der Waals surface area contributed by atoms with Crippen LogP contribution in [0.2, 0.25) is 0 Å². The van der Waals surface area contributed by atoms with Crippen molar-refractivity contribution in [2.75, 3.05) is 51.7 Å². The monoisotopic (exact) mass is 381 g/mol. The minimum atomic E-state index is -0.0344. The number of hydrogen-bond acceptors (Lipinski definition) is 6. The van der Waals surface area contributed by atoms with Crippen LogP contribution < -0.4 is 5.32 Å². The number of hydrogen-bond donors (Lipinski definition) is 1. The number of aromatic nitrogens is 2. The molecule has 7 nitrogen and oxygen atoms in total. The summed E-state index contributed by atoms with van der Waals surface area (Å²) >= 11 is 0. The number of nitrogens with one attached hydrogen (secondary N) is 1. The third-order valence-electron chi connectivity index (χ3n) is 5.30. The first-order chi connectivity index (χ1) is 13.7. The molecule has 0 radical (unpaired) electrons. The van der Waals surface area contributed by atoms with Crippen molar-refractivity contribution in [3.8, 4) is 11.4 Å². The molecule has 1 aromatic heterocycles. The molecule has 7 heteroatoms.